The molecule has 0 bridgehead atoms. The van der Waals surface area contributed by atoms with Gasteiger partial charge in [0.15, 0.2) is 5.01 Å². The van der Waals surface area contributed by atoms with Crippen LogP contribution in [0.4, 0.5) is 24.7 Å². The average molecular weight is 477 g/mol. The molecule has 0 aliphatic carbocycles. The number of aryl methyl sites for hydroxylation is 1. The number of hydrogen-bond donors (Lipinski definition) is 0. The summed E-state index contributed by atoms with van der Waals surface area (Å²) in [4.78, 5) is 28.6. The monoisotopic (exact) mass is 476 g/mol. The summed E-state index contributed by atoms with van der Waals surface area (Å²) in [5.74, 6) is 0.249. The van der Waals surface area contributed by atoms with Crippen LogP contribution in [0.15, 0.2) is 28.4 Å². The number of halogens is 3. The van der Waals surface area contributed by atoms with Crippen LogP contribution >= 0.6 is 11.3 Å². The molecular formula is C22H23F3N6OS. The Balaban J connectivity index is 1.66. The summed E-state index contributed by atoms with van der Waals surface area (Å²) in [7, 11) is 1.67. The Hall–Kier alpha value is -2.97. The van der Waals surface area contributed by atoms with Crippen molar-refractivity contribution in [3.8, 4) is 0 Å². The van der Waals surface area contributed by atoms with Crippen molar-refractivity contribution >= 4 is 33.9 Å². The van der Waals surface area contributed by atoms with Gasteiger partial charge in [-0.05, 0) is 32.9 Å². The van der Waals surface area contributed by atoms with E-state index in [0.29, 0.717) is 46.8 Å². The highest BCUT2D eigenvalue weighted by Gasteiger charge is 2.38. The van der Waals surface area contributed by atoms with E-state index in [-0.39, 0.29) is 29.5 Å². The zero-order chi connectivity index (χ0) is 24.1. The molecule has 7 nitrogen and oxygen atoms in total. The largest absolute Gasteiger partial charge is 0.443 e. The van der Waals surface area contributed by atoms with Gasteiger partial charge in [0.05, 0.1) is 22.9 Å². The number of anilines is 1. The fourth-order valence-corrected chi connectivity index (χ4v) is 5.16. The van der Waals surface area contributed by atoms with Gasteiger partial charge >= 0.3 is 6.18 Å². The lowest BCUT2D eigenvalue weighted by Gasteiger charge is -2.47. The van der Waals surface area contributed by atoms with E-state index in [0.717, 1.165) is 0 Å². The number of alkyl halides is 3. The van der Waals surface area contributed by atoms with Crippen molar-refractivity contribution in [2.45, 2.75) is 45.1 Å². The molecule has 1 saturated heterocycles. The Morgan fingerprint density at radius 1 is 1.21 bits per heavy atom. The number of thiazole rings is 1. The van der Waals surface area contributed by atoms with Crippen LogP contribution in [0.3, 0.4) is 0 Å². The molecule has 33 heavy (non-hydrogen) atoms. The fraction of sp³-hybridized carbons (Fsp3) is 0.455. The topological polar surface area (TPSA) is 58.6 Å². The van der Waals surface area contributed by atoms with Gasteiger partial charge in [0, 0.05) is 43.7 Å². The van der Waals surface area contributed by atoms with Crippen LogP contribution in [-0.4, -0.2) is 44.6 Å². The fourth-order valence-electron chi connectivity index (χ4n) is 4.39. The summed E-state index contributed by atoms with van der Waals surface area (Å²) in [6.45, 7) is 14.3. The Labute approximate surface area is 192 Å². The number of hydrogen-bond acceptors (Lipinski definition) is 6. The summed E-state index contributed by atoms with van der Waals surface area (Å²) in [6.07, 6.45) is -4.45. The van der Waals surface area contributed by atoms with Crippen LogP contribution in [0.2, 0.25) is 0 Å². The Bertz CT molecular complexity index is 1290. The molecule has 3 atom stereocenters. The summed E-state index contributed by atoms with van der Waals surface area (Å²) in [5.41, 5.74) is 2.12. The van der Waals surface area contributed by atoms with Gasteiger partial charge in [-0.25, -0.2) is 4.98 Å². The van der Waals surface area contributed by atoms with Crippen molar-refractivity contribution < 1.29 is 13.2 Å². The molecule has 0 spiro atoms. The SMILES string of the molecule is [C-]#[N+]c1ccc2c(n1)c(N1C[C@@H](C)N(C(C)c3csc(C(F)(F)F)n3)C[C@@H]1C)cc(=O)n2C. The van der Waals surface area contributed by atoms with Gasteiger partial charge < -0.3 is 14.3 Å². The predicted molar refractivity (Wildman–Crippen MR) is 122 cm³/mol. The summed E-state index contributed by atoms with van der Waals surface area (Å²) in [6, 6.07) is 4.51. The molecule has 4 heterocycles. The van der Waals surface area contributed by atoms with Crippen molar-refractivity contribution in [3.05, 3.63) is 56.1 Å². The van der Waals surface area contributed by atoms with Crippen molar-refractivity contribution in [3.63, 3.8) is 0 Å². The maximum Gasteiger partial charge on any atom is 0.443 e. The molecule has 0 saturated carbocycles. The van der Waals surface area contributed by atoms with Gasteiger partial charge in [-0.2, -0.15) is 13.2 Å². The molecule has 0 aromatic carbocycles. The normalized spacial score (nSPS) is 20.7. The lowest BCUT2D eigenvalue weighted by atomic mass is 10.0. The van der Waals surface area contributed by atoms with E-state index >= 15 is 0 Å². The first-order chi connectivity index (χ1) is 15.5. The van der Waals surface area contributed by atoms with Crippen molar-refractivity contribution in [1.82, 2.24) is 19.4 Å². The van der Waals surface area contributed by atoms with E-state index in [1.54, 1.807) is 25.2 Å². The standard InChI is InChI=1S/C22H23F3N6OS/c1-12-10-31(17-8-19(32)29(5)16-6-7-18(26-4)28-20(16)17)13(2)9-30(12)14(3)15-11-33-21(27-15)22(23,24)25/h6-8,11-14H,9-10H2,1-3,5H3/t12-,13+,14?/m1/s1. The van der Waals surface area contributed by atoms with Crippen LogP contribution in [0.1, 0.15) is 37.5 Å². The third kappa shape index (κ3) is 4.20. The number of rotatable bonds is 3. The molecule has 1 unspecified atom stereocenters. The maximum absolute atomic E-state index is 13.0. The van der Waals surface area contributed by atoms with Crippen molar-refractivity contribution in [2.24, 2.45) is 7.05 Å². The van der Waals surface area contributed by atoms with Crippen LogP contribution in [0.25, 0.3) is 15.9 Å². The quantitative estimate of drug-likeness (QED) is 0.517. The molecule has 11 heteroatoms. The van der Waals surface area contributed by atoms with Gasteiger partial charge in [-0.3, -0.25) is 9.69 Å². The zero-order valence-electron chi connectivity index (χ0n) is 18.6. The molecule has 3 aromatic rings. The summed E-state index contributed by atoms with van der Waals surface area (Å²) in [5, 5.41) is 0.638. The minimum Gasteiger partial charge on any atom is -0.362 e. The molecule has 174 valence electrons. The third-order valence-electron chi connectivity index (χ3n) is 6.20. The van der Waals surface area contributed by atoms with Gasteiger partial charge in [0.25, 0.3) is 11.4 Å². The molecule has 0 N–H and O–H groups in total. The number of piperazine rings is 1. The maximum atomic E-state index is 13.0. The van der Waals surface area contributed by atoms with Gasteiger partial charge in [0.2, 0.25) is 5.52 Å². The van der Waals surface area contributed by atoms with E-state index in [1.807, 2.05) is 20.8 Å². The smallest absolute Gasteiger partial charge is 0.362 e. The van der Waals surface area contributed by atoms with Crippen LogP contribution in [0.5, 0.6) is 0 Å². The Kier molecular flexibility index (Phi) is 5.92. The van der Waals surface area contributed by atoms with E-state index in [1.165, 1.54) is 9.95 Å². The molecule has 1 aliphatic rings. The lowest BCUT2D eigenvalue weighted by molar-refractivity contribution is -0.137. The lowest BCUT2D eigenvalue weighted by Crippen LogP contribution is -2.57. The minimum absolute atomic E-state index is 0.0182. The third-order valence-corrected chi connectivity index (χ3v) is 7.11. The highest BCUT2D eigenvalue weighted by molar-refractivity contribution is 7.09. The van der Waals surface area contributed by atoms with E-state index in [2.05, 4.69) is 24.6 Å². The molecular weight excluding hydrogens is 453 g/mol. The Morgan fingerprint density at radius 3 is 2.58 bits per heavy atom. The first-order valence-corrected chi connectivity index (χ1v) is 11.3. The summed E-state index contributed by atoms with van der Waals surface area (Å²) < 4.78 is 40.5. The Morgan fingerprint density at radius 2 is 1.94 bits per heavy atom. The average Bonchev–Trinajstić information content (AvgIpc) is 3.28. The molecule has 0 radical (unpaired) electrons. The highest BCUT2D eigenvalue weighted by Crippen LogP contribution is 2.36. The molecule has 3 aromatic heterocycles. The molecule has 4 rings (SSSR count). The summed E-state index contributed by atoms with van der Waals surface area (Å²) >= 11 is 0.613. The van der Waals surface area contributed by atoms with Crippen LogP contribution in [0, 0.1) is 6.57 Å². The van der Waals surface area contributed by atoms with Crippen LogP contribution < -0.4 is 10.5 Å². The van der Waals surface area contributed by atoms with E-state index in [9.17, 15) is 18.0 Å². The number of nitrogens with zero attached hydrogens (tertiary/aromatic N) is 6. The number of pyridine rings is 2. The number of fused-ring (bicyclic) bond motifs is 1. The minimum atomic E-state index is -4.45. The number of aromatic nitrogens is 3. The molecule has 1 aliphatic heterocycles. The van der Waals surface area contributed by atoms with Gasteiger partial charge in [0.1, 0.15) is 0 Å². The zero-order valence-corrected chi connectivity index (χ0v) is 19.4. The second-order valence-electron chi connectivity index (χ2n) is 8.37. The predicted octanol–water partition coefficient (Wildman–Crippen LogP) is 4.62. The van der Waals surface area contributed by atoms with E-state index in [4.69, 9.17) is 6.57 Å². The van der Waals surface area contributed by atoms with Crippen molar-refractivity contribution in [1.29, 1.82) is 0 Å². The van der Waals surface area contributed by atoms with Gasteiger partial charge in [-0.1, -0.05) is 6.57 Å². The highest BCUT2D eigenvalue weighted by atomic mass is 32.1. The second-order valence-corrected chi connectivity index (χ2v) is 9.23. The van der Waals surface area contributed by atoms with Gasteiger partial charge in [-0.15, -0.1) is 16.3 Å². The first kappa shape index (κ1) is 23.2. The molecule has 1 fully saturated rings. The molecule has 0 amide bonds. The first-order valence-electron chi connectivity index (χ1n) is 10.4. The second kappa shape index (κ2) is 8.43. The van der Waals surface area contributed by atoms with E-state index < -0.39 is 11.2 Å². The van der Waals surface area contributed by atoms with Crippen LogP contribution in [-0.2, 0) is 13.2 Å². The van der Waals surface area contributed by atoms with Crippen molar-refractivity contribution in [2.75, 3.05) is 18.0 Å².